The smallest absolute Gasteiger partial charge is 0.227 e. The second-order valence-electron chi connectivity index (χ2n) is 9.96. The average Bonchev–Trinajstić information content (AvgIpc) is 3.24. The fourth-order valence-electron chi connectivity index (χ4n) is 5.28. The van der Waals surface area contributed by atoms with Crippen molar-refractivity contribution in [1.29, 1.82) is 0 Å². The molecule has 0 aliphatic carbocycles. The summed E-state index contributed by atoms with van der Waals surface area (Å²) in [4.78, 5) is 20.8. The third-order valence-corrected chi connectivity index (χ3v) is 7.02. The molecule has 0 radical (unpaired) electrons. The van der Waals surface area contributed by atoms with Crippen molar-refractivity contribution in [2.24, 2.45) is 7.05 Å². The molecule has 1 unspecified atom stereocenters. The molecule has 3 aromatic heterocycles. The maximum Gasteiger partial charge on any atom is 0.227 e. The molecule has 1 saturated heterocycles. The van der Waals surface area contributed by atoms with Crippen LogP contribution in [0.15, 0.2) is 55.0 Å². The number of piperazine rings is 1. The summed E-state index contributed by atoms with van der Waals surface area (Å²) >= 11 is 0. The minimum Gasteiger partial charge on any atom is -0.351 e. The zero-order chi connectivity index (χ0) is 25.5. The van der Waals surface area contributed by atoms with Crippen LogP contribution in [-0.2, 0) is 7.05 Å². The van der Waals surface area contributed by atoms with E-state index < -0.39 is 0 Å². The van der Waals surface area contributed by atoms with Crippen molar-refractivity contribution >= 4 is 39.3 Å². The monoisotopic (exact) mass is 493 g/mol. The predicted octanol–water partition coefficient (Wildman–Crippen LogP) is 4.64. The van der Waals surface area contributed by atoms with Gasteiger partial charge in [-0.1, -0.05) is 19.9 Å². The van der Waals surface area contributed by atoms with Crippen LogP contribution in [0.5, 0.6) is 0 Å². The molecule has 2 N–H and O–H groups in total. The highest BCUT2D eigenvalue weighted by molar-refractivity contribution is 5.92. The van der Waals surface area contributed by atoms with Gasteiger partial charge in [-0.05, 0) is 49.2 Å². The van der Waals surface area contributed by atoms with E-state index in [1.165, 1.54) is 5.69 Å². The van der Waals surface area contributed by atoms with E-state index in [1.807, 2.05) is 29.9 Å². The number of aromatic nitrogens is 6. The molecule has 2 aromatic carbocycles. The lowest BCUT2D eigenvalue weighted by Crippen LogP contribution is -2.50. The van der Waals surface area contributed by atoms with Gasteiger partial charge in [0, 0.05) is 66.6 Å². The molecule has 37 heavy (non-hydrogen) atoms. The molecule has 0 amide bonds. The third kappa shape index (κ3) is 4.35. The largest absolute Gasteiger partial charge is 0.351 e. The molecule has 6 rings (SSSR count). The van der Waals surface area contributed by atoms with Gasteiger partial charge in [0.05, 0.1) is 16.7 Å². The van der Waals surface area contributed by atoms with Gasteiger partial charge in [0.15, 0.2) is 0 Å². The number of hydrogen-bond acceptors (Lipinski definition) is 8. The topological polar surface area (TPSA) is 96.7 Å². The van der Waals surface area contributed by atoms with E-state index in [2.05, 4.69) is 80.6 Å². The summed E-state index contributed by atoms with van der Waals surface area (Å²) in [5.74, 6) is 1.90. The summed E-state index contributed by atoms with van der Waals surface area (Å²) in [6.07, 6.45) is 3.43. The summed E-state index contributed by atoms with van der Waals surface area (Å²) in [7, 11) is 2.00. The maximum atomic E-state index is 4.81. The Hall–Kier alpha value is -4.11. The number of nitrogens with one attached hydrogen (secondary N) is 2. The number of rotatable bonds is 5. The fraction of sp³-hybridized carbons (Fsp3) is 0.321. The number of nitrogens with zero attached hydrogens (tertiary/aromatic N) is 7. The van der Waals surface area contributed by atoms with Crippen molar-refractivity contribution in [2.75, 3.05) is 29.9 Å². The molecule has 1 aliphatic rings. The van der Waals surface area contributed by atoms with Gasteiger partial charge in [0.2, 0.25) is 5.95 Å². The van der Waals surface area contributed by atoms with E-state index in [0.717, 1.165) is 64.2 Å². The molecule has 1 aliphatic heterocycles. The van der Waals surface area contributed by atoms with Crippen LogP contribution >= 0.6 is 0 Å². The van der Waals surface area contributed by atoms with E-state index in [4.69, 9.17) is 4.98 Å². The maximum absolute atomic E-state index is 4.81. The molecular weight excluding hydrogens is 462 g/mol. The van der Waals surface area contributed by atoms with E-state index in [9.17, 15) is 0 Å². The first-order valence-corrected chi connectivity index (χ1v) is 12.8. The van der Waals surface area contributed by atoms with Gasteiger partial charge >= 0.3 is 0 Å². The van der Waals surface area contributed by atoms with Crippen LogP contribution in [0.1, 0.15) is 32.4 Å². The zero-order valence-corrected chi connectivity index (χ0v) is 21.6. The second kappa shape index (κ2) is 9.40. The van der Waals surface area contributed by atoms with Crippen molar-refractivity contribution in [3.8, 4) is 11.3 Å². The highest BCUT2D eigenvalue weighted by atomic mass is 15.3. The average molecular weight is 494 g/mol. The van der Waals surface area contributed by atoms with Crippen LogP contribution in [-0.4, -0.2) is 55.4 Å². The van der Waals surface area contributed by atoms with Crippen molar-refractivity contribution in [3.05, 3.63) is 60.7 Å². The number of hydrogen-bond donors (Lipinski definition) is 2. The molecule has 188 valence electrons. The zero-order valence-electron chi connectivity index (χ0n) is 21.6. The molecule has 0 spiro atoms. The summed E-state index contributed by atoms with van der Waals surface area (Å²) < 4.78 is 1.98. The molecule has 0 bridgehead atoms. The normalized spacial score (nSPS) is 16.1. The molecule has 0 saturated carbocycles. The molecule has 1 atom stereocenters. The SMILES string of the molecule is CC(C)c1c2cc(-c3ccnc(Nc4ccc5c(N6CCNCC6C)ncnc5c4)n3)ccc2nn1C. The highest BCUT2D eigenvalue weighted by Crippen LogP contribution is 2.30. The van der Waals surface area contributed by atoms with Gasteiger partial charge in [0.1, 0.15) is 12.1 Å². The Morgan fingerprint density at radius 1 is 1.00 bits per heavy atom. The minimum absolute atomic E-state index is 0.375. The van der Waals surface area contributed by atoms with E-state index in [0.29, 0.717) is 17.9 Å². The molecule has 1 fully saturated rings. The third-order valence-electron chi connectivity index (χ3n) is 7.02. The van der Waals surface area contributed by atoms with Gasteiger partial charge in [0.25, 0.3) is 0 Å². The van der Waals surface area contributed by atoms with Gasteiger partial charge in [-0.25, -0.2) is 19.9 Å². The van der Waals surface area contributed by atoms with Crippen molar-refractivity contribution in [2.45, 2.75) is 32.7 Å². The Labute approximate surface area is 216 Å². The lowest BCUT2D eigenvalue weighted by molar-refractivity contribution is 0.498. The molecule has 9 heteroatoms. The van der Waals surface area contributed by atoms with Crippen LogP contribution < -0.4 is 15.5 Å². The number of anilines is 3. The van der Waals surface area contributed by atoms with Crippen LogP contribution in [0.3, 0.4) is 0 Å². The molecular formula is C28H31N9. The second-order valence-corrected chi connectivity index (χ2v) is 9.96. The lowest BCUT2D eigenvalue weighted by atomic mass is 10.0. The first-order chi connectivity index (χ1) is 18.0. The van der Waals surface area contributed by atoms with Crippen LogP contribution in [0.4, 0.5) is 17.5 Å². The van der Waals surface area contributed by atoms with Gasteiger partial charge < -0.3 is 15.5 Å². The summed E-state index contributed by atoms with van der Waals surface area (Å²) in [5.41, 5.74) is 5.88. The van der Waals surface area contributed by atoms with Crippen LogP contribution in [0.2, 0.25) is 0 Å². The molecule has 4 heterocycles. The lowest BCUT2D eigenvalue weighted by Gasteiger charge is -2.35. The van der Waals surface area contributed by atoms with E-state index in [-0.39, 0.29) is 0 Å². The summed E-state index contributed by atoms with van der Waals surface area (Å²) in [6.45, 7) is 9.43. The standard InChI is InChI=1S/C28H31N9/c1-17(2)26-22-13-19(5-8-24(22)35-36(26)4)23-9-10-30-28(34-23)33-20-6-7-21-25(14-20)31-16-32-27(21)37-12-11-29-15-18(37)3/h5-10,13-14,16-18,29H,11-12,15H2,1-4H3,(H,30,33,34). The predicted molar refractivity (Wildman–Crippen MR) is 148 cm³/mol. The van der Waals surface area contributed by atoms with Crippen LogP contribution in [0, 0.1) is 0 Å². The van der Waals surface area contributed by atoms with Crippen molar-refractivity contribution in [3.63, 3.8) is 0 Å². The van der Waals surface area contributed by atoms with E-state index >= 15 is 0 Å². The van der Waals surface area contributed by atoms with Gasteiger partial charge in [-0.3, -0.25) is 4.68 Å². The molecule has 5 aromatic rings. The summed E-state index contributed by atoms with van der Waals surface area (Å²) in [6, 6.07) is 14.8. The van der Waals surface area contributed by atoms with Crippen LogP contribution in [0.25, 0.3) is 33.1 Å². The fourth-order valence-corrected chi connectivity index (χ4v) is 5.28. The van der Waals surface area contributed by atoms with Gasteiger partial charge in [-0.15, -0.1) is 0 Å². The first-order valence-electron chi connectivity index (χ1n) is 12.8. The minimum atomic E-state index is 0.375. The Morgan fingerprint density at radius 2 is 1.89 bits per heavy atom. The number of fused-ring (bicyclic) bond motifs is 2. The molecule has 9 nitrogen and oxygen atoms in total. The van der Waals surface area contributed by atoms with Crippen molar-refractivity contribution < 1.29 is 0 Å². The quantitative estimate of drug-likeness (QED) is 0.366. The number of benzene rings is 2. The van der Waals surface area contributed by atoms with Crippen molar-refractivity contribution in [1.82, 2.24) is 35.0 Å². The van der Waals surface area contributed by atoms with E-state index in [1.54, 1.807) is 12.5 Å². The summed E-state index contributed by atoms with van der Waals surface area (Å²) in [5, 5.41) is 13.7. The van der Waals surface area contributed by atoms with Gasteiger partial charge in [-0.2, -0.15) is 5.10 Å². The first kappa shape index (κ1) is 23.3. The number of aryl methyl sites for hydroxylation is 1. The Kier molecular flexibility index (Phi) is 5.92. The Bertz CT molecular complexity index is 1590. The Balaban J connectivity index is 1.30. The highest BCUT2D eigenvalue weighted by Gasteiger charge is 2.21. The Morgan fingerprint density at radius 3 is 2.73 bits per heavy atom.